The number of carbonyl (C=O) groups is 2. The average Bonchev–Trinajstić information content (AvgIpc) is 2.93. The van der Waals surface area contributed by atoms with E-state index < -0.39 is 12.0 Å². The van der Waals surface area contributed by atoms with Gasteiger partial charge in [0.05, 0.1) is 24.3 Å². The van der Waals surface area contributed by atoms with Crippen molar-refractivity contribution < 1.29 is 14.7 Å². The zero-order valence-corrected chi connectivity index (χ0v) is 11.1. The zero-order chi connectivity index (χ0) is 14.1. The fraction of sp³-hybridized carbons (Fsp3) is 0.500. The second-order valence-corrected chi connectivity index (χ2v) is 5.33. The highest BCUT2D eigenvalue weighted by Crippen LogP contribution is 2.27. The number of carboxylic acids is 1. The standard InChI is InChI=1S/C14H17N3O3/c18-13(9-4-2-1-3-5-9)17-7-11-10(15-8-16-11)6-12(17)14(19)20/h1-2,8-9,12H,3-7H2,(H,15,16)(H,19,20). The molecule has 0 saturated carbocycles. The first-order valence-electron chi connectivity index (χ1n) is 6.86. The number of imidazole rings is 1. The maximum Gasteiger partial charge on any atom is 0.326 e. The molecule has 0 aromatic carbocycles. The first-order chi connectivity index (χ1) is 9.66. The Morgan fingerprint density at radius 2 is 2.25 bits per heavy atom. The van der Waals surface area contributed by atoms with Crippen LogP contribution in [0.5, 0.6) is 0 Å². The van der Waals surface area contributed by atoms with Gasteiger partial charge in [0.2, 0.25) is 5.91 Å². The summed E-state index contributed by atoms with van der Waals surface area (Å²) in [5, 5.41) is 9.37. The molecule has 2 atom stereocenters. The maximum atomic E-state index is 12.6. The van der Waals surface area contributed by atoms with Crippen LogP contribution in [0.2, 0.25) is 0 Å². The van der Waals surface area contributed by atoms with Gasteiger partial charge in [-0.15, -0.1) is 0 Å². The molecule has 6 nitrogen and oxygen atoms in total. The van der Waals surface area contributed by atoms with Crippen molar-refractivity contribution in [1.29, 1.82) is 0 Å². The van der Waals surface area contributed by atoms with Gasteiger partial charge in [0.1, 0.15) is 6.04 Å². The summed E-state index contributed by atoms with van der Waals surface area (Å²) < 4.78 is 0. The van der Waals surface area contributed by atoms with E-state index in [0.717, 1.165) is 24.2 Å². The summed E-state index contributed by atoms with van der Waals surface area (Å²) in [5.74, 6) is -1.10. The number of hydrogen-bond acceptors (Lipinski definition) is 3. The number of rotatable bonds is 2. The van der Waals surface area contributed by atoms with Crippen LogP contribution in [0.3, 0.4) is 0 Å². The van der Waals surface area contributed by atoms with Crippen molar-refractivity contribution in [2.75, 3.05) is 0 Å². The molecule has 6 heteroatoms. The molecule has 2 unspecified atom stereocenters. The van der Waals surface area contributed by atoms with Gasteiger partial charge in [-0.3, -0.25) is 4.79 Å². The number of fused-ring (bicyclic) bond motifs is 1. The van der Waals surface area contributed by atoms with Crippen LogP contribution in [0, 0.1) is 5.92 Å². The molecule has 2 aliphatic rings. The molecule has 1 aromatic heterocycles. The minimum absolute atomic E-state index is 0.0537. The summed E-state index contributed by atoms with van der Waals surface area (Å²) in [6, 6.07) is -0.802. The number of aliphatic carboxylic acids is 1. The molecule has 20 heavy (non-hydrogen) atoms. The van der Waals surface area contributed by atoms with E-state index in [0.29, 0.717) is 13.0 Å². The van der Waals surface area contributed by atoms with Crippen LogP contribution in [0.1, 0.15) is 30.7 Å². The number of nitrogens with zero attached hydrogens (tertiary/aromatic N) is 2. The number of carboxylic acid groups (broad SMARTS) is 1. The molecule has 0 spiro atoms. The molecular weight excluding hydrogens is 258 g/mol. The third-order valence-corrected chi connectivity index (χ3v) is 4.09. The van der Waals surface area contributed by atoms with E-state index in [-0.39, 0.29) is 18.2 Å². The van der Waals surface area contributed by atoms with E-state index in [4.69, 9.17) is 0 Å². The van der Waals surface area contributed by atoms with Gasteiger partial charge >= 0.3 is 5.97 Å². The summed E-state index contributed by atoms with van der Waals surface area (Å²) in [6.07, 6.45) is 8.31. The van der Waals surface area contributed by atoms with Gasteiger partial charge in [-0.05, 0) is 19.3 Å². The van der Waals surface area contributed by atoms with E-state index in [1.165, 1.54) is 4.90 Å². The fourth-order valence-electron chi connectivity index (χ4n) is 2.94. The van der Waals surface area contributed by atoms with Crippen LogP contribution in [0.25, 0.3) is 0 Å². The van der Waals surface area contributed by atoms with Crippen LogP contribution < -0.4 is 0 Å². The van der Waals surface area contributed by atoms with Crippen molar-refractivity contribution in [2.45, 2.75) is 38.3 Å². The molecule has 2 heterocycles. The second-order valence-electron chi connectivity index (χ2n) is 5.33. The fourth-order valence-corrected chi connectivity index (χ4v) is 2.94. The van der Waals surface area contributed by atoms with Crippen LogP contribution >= 0.6 is 0 Å². The smallest absolute Gasteiger partial charge is 0.326 e. The summed E-state index contributed by atoms with van der Waals surface area (Å²) in [5.41, 5.74) is 1.60. The Kier molecular flexibility index (Phi) is 3.30. The Bertz CT molecular complexity index is 564. The predicted molar refractivity (Wildman–Crippen MR) is 70.7 cm³/mol. The molecule has 0 fully saturated rings. The Labute approximate surface area is 116 Å². The predicted octanol–water partition coefficient (Wildman–Crippen LogP) is 1.10. The molecule has 2 N–H and O–H groups in total. The van der Waals surface area contributed by atoms with E-state index in [9.17, 15) is 14.7 Å². The number of H-pyrrole nitrogens is 1. The van der Waals surface area contributed by atoms with E-state index in [1.54, 1.807) is 6.33 Å². The lowest BCUT2D eigenvalue weighted by Gasteiger charge is -2.35. The molecule has 1 aliphatic heterocycles. The summed E-state index contributed by atoms with van der Waals surface area (Å²) in [7, 11) is 0. The highest BCUT2D eigenvalue weighted by Gasteiger charge is 2.38. The monoisotopic (exact) mass is 275 g/mol. The molecule has 1 aromatic rings. The molecular formula is C14H17N3O3. The Hall–Kier alpha value is -2.11. The molecule has 1 amide bonds. The minimum Gasteiger partial charge on any atom is -0.480 e. The van der Waals surface area contributed by atoms with E-state index in [1.807, 2.05) is 6.08 Å². The molecule has 0 bridgehead atoms. The molecule has 106 valence electrons. The number of nitrogens with one attached hydrogen (secondary N) is 1. The summed E-state index contributed by atoms with van der Waals surface area (Å²) >= 11 is 0. The van der Waals surface area contributed by atoms with Gasteiger partial charge < -0.3 is 15.0 Å². The van der Waals surface area contributed by atoms with E-state index in [2.05, 4.69) is 16.0 Å². The summed E-state index contributed by atoms with van der Waals surface area (Å²) in [4.78, 5) is 32.6. The van der Waals surface area contributed by atoms with Crippen molar-refractivity contribution >= 4 is 11.9 Å². The van der Waals surface area contributed by atoms with Crippen molar-refractivity contribution in [3.05, 3.63) is 29.9 Å². The molecule has 0 radical (unpaired) electrons. The lowest BCUT2D eigenvalue weighted by atomic mass is 9.91. The highest BCUT2D eigenvalue weighted by molar-refractivity contribution is 5.86. The molecule has 0 saturated heterocycles. The van der Waals surface area contributed by atoms with Crippen LogP contribution in [0.15, 0.2) is 18.5 Å². The van der Waals surface area contributed by atoms with Crippen molar-refractivity contribution in [1.82, 2.24) is 14.9 Å². The van der Waals surface area contributed by atoms with Crippen LogP contribution in [-0.2, 0) is 22.6 Å². The van der Waals surface area contributed by atoms with Gasteiger partial charge in [0.25, 0.3) is 0 Å². The van der Waals surface area contributed by atoms with Gasteiger partial charge in [-0.2, -0.15) is 0 Å². The first kappa shape index (κ1) is 12.9. The zero-order valence-electron chi connectivity index (χ0n) is 11.1. The van der Waals surface area contributed by atoms with Gasteiger partial charge in [0.15, 0.2) is 0 Å². The highest BCUT2D eigenvalue weighted by atomic mass is 16.4. The number of carbonyl (C=O) groups excluding carboxylic acids is 1. The van der Waals surface area contributed by atoms with Crippen molar-refractivity contribution in [3.63, 3.8) is 0 Å². The number of aromatic amines is 1. The Balaban J connectivity index is 1.84. The Morgan fingerprint density at radius 3 is 2.95 bits per heavy atom. The topological polar surface area (TPSA) is 86.3 Å². The van der Waals surface area contributed by atoms with Crippen molar-refractivity contribution in [3.8, 4) is 0 Å². The lowest BCUT2D eigenvalue weighted by molar-refractivity contribution is -0.153. The SMILES string of the molecule is O=C(O)C1Cc2nc[nH]c2CN1C(=O)C1CC=CCC1. The molecule has 3 rings (SSSR count). The molecule has 1 aliphatic carbocycles. The normalized spacial score (nSPS) is 25.3. The Morgan fingerprint density at radius 1 is 1.40 bits per heavy atom. The van der Waals surface area contributed by atoms with Crippen LogP contribution in [-0.4, -0.2) is 37.9 Å². The first-order valence-corrected chi connectivity index (χ1v) is 6.86. The van der Waals surface area contributed by atoms with Gasteiger partial charge in [0, 0.05) is 12.3 Å². The van der Waals surface area contributed by atoms with Crippen molar-refractivity contribution in [2.24, 2.45) is 5.92 Å². The van der Waals surface area contributed by atoms with Gasteiger partial charge in [-0.1, -0.05) is 12.2 Å². The second kappa shape index (κ2) is 5.11. The lowest BCUT2D eigenvalue weighted by Crippen LogP contribution is -2.50. The van der Waals surface area contributed by atoms with Crippen LogP contribution in [0.4, 0.5) is 0 Å². The number of amides is 1. The van der Waals surface area contributed by atoms with Gasteiger partial charge in [-0.25, -0.2) is 9.78 Å². The minimum atomic E-state index is -0.960. The third kappa shape index (κ3) is 2.21. The number of hydrogen-bond donors (Lipinski definition) is 2. The number of allylic oxidation sites excluding steroid dienone is 2. The average molecular weight is 275 g/mol. The summed E-state index contributed by atoms with van der Waals surface area (Å²) in [6.45, 7) is 0.311. The largest absolute Gasteiger partial charge is 0.480 e. The van der Waals surface area contributed by atoms with E-state index >= 15 is 0 Å². The quantitative estimate of drug-likeness (QED) is 0.791. The number of aromatic nitrogens is 2. The maximum absolute atomic E-state index is 12.6. The third-order valence-electron chi connectivity index (χ3n) is 4.09.